The van der Waals surface area contributed by atoms with Gasteiger partial charge in [-0.15, -0.1) is 0 Å². The van der Waals surface area contributed by atoms with Gasteiger partial charge in [0.25, 0.3) is 0 Å². The van der Waals surface area contributed by atoms with Gasteiger partial charge in [0, 0.05) is 22.8 Å². The van der Waals surface area contributed by atoms with Gasteiger partial charge in [-0.25, -0.2) is 4.98 Å². The summed E-state index contributed by atoms with van der Waals surface area (Å²) in [6.45, 7) is 2.11. The van der Waals surface area contributed by atoms with Crippen molar-refractivity contribution < 1.29 is 9.32 Å². The fourth-order valence-corrected chi connectivity index (χ4v) is 3.54. The lowest BCUT2D eigenvalue weighted by atomic mass is 9.97. The van der Waals surface area contributed by atoms with Crippen molar-refractivity contribution in [3.05, 3.63) is 59.0 Å². The highest BCUT2D eigenvalue weighted by Crippen LogP contribution is 2.21. The van der Waals surface area contributed by atoms with Gasteiger partial charge in [0.2, 0.25) is 17.6 Å². The van der Waals surface area contributed by atoms with Gasteiger partial charge in [-0.3, -0.25) is 9.69 Å². The van der Waals surface area contributed by atoms with Gasteiger partial charge in [0.1, 0.15) is 5.82 Å². The zero-order chi connectivity index (χ0) is 19.3. The molecule has 2 aromatic heterocycles. The minimum atomic E-state index is -0.0873. The quantitative estimate of drug-likeness (QED) is 0.648. The van der Waals surface area contributed by atoms with E-state index in [9.17, 15) is 4.79 Å². The molecule has 0 bridgehead atoms. The number of carbonyl (C=O) groups is 1. The molecule has 1 saturated heterocycles. The van der Waals surface area contributed by atoms with Gasteiger partial charge < -0.3 is 9.84 Å². The lowest BCUT2D eigenvalue weighted by Crippen LogP contribution is -2.40. The van der Waals surface area contributed by atoms with Gasteiger partial charge in [0.05, 0.1) is 12.5 Å². The summed E-state index contributed by atoms with van der Waals surface area (Å²) in [6, 6.07) is 13.4. The van der Waals surface area contributed by atoms with Crippen LogP contribution in [-0.4, -0.2) is 39.0 Å². The van der Waals surface area contributed by atoms with E-state index in [1.54, 1.807) is 12.3 Å². The average molecular weight is 442 g/mol. The molecular formula is C20H20BrN5O2. The molecule has 0 radical (unpaired) electrons. The van der Waals surface area contributed by atoms with Crippen molar-refractivity contribution in [1.29, 1.82) is 0 Å². The molecule has 0 saturated carbocycles. The number of piperidine rings is 1. The molecule has 1 aromatic carbocycles. The Hall–Kier alpha value is -2.58. The Morgan fingerprint density at radius 3 is 2.89 bits per heavy atom. The van der Waals surface area contributed by atoms with Crippen LogP contribution in [0.15, 0.2) is 57.7 Å². The van der Waals surface area contributed by atoms with E-state index in [-0.39, 0.29) is 11.8 Å². The molecule has 3 aromatic rings. The predicted octanol–water partition coefficient (Wildman–Crippen LogP) is 3.74. The van der Waals surface area contributed by atoms with Crippen molar-refractivity contribution in [3.63, 3.8) is 0 Å². The number of amides is 1. The number of hydrogen-bond donors (Lipinski definition) is 1. The van der Waals surface area contributed by atoms with Gasteiger partial charge in [-0.2, -0.15) is 4.98 Å². The number of benzene rings is 1. The molecular weight excluding hydrogens is 422 g/mol. The molecule has 1 aliphatic heterocycles. The number of nitrogens with one attached hydrogen (secondary N) is 1. The summed E-state index contributed by atoms with van der Waals surface area (Å²) in [7, 11) is 0. The van der Waals surface area contributed by atoms with Crippen LogP contribution in [0.25, 0.3) is 11.4 Å². The van der Waals surface area contributed by atoms with Crippen molar-refractivity contribution in [2.75, 3.05) is 18.4 Å². The molecule has 1 unspecified atom stereocenters. The zero-order valence-corrected chi connectivity index (χ0v) is 16.8. The molecule has 144 valence electrons. The normalized spacial score (nSPS) is 17.4. The first-order chi connectivity index (χ1) is 13.7. The molecule has 1 amide bonds. The maximum atomic E-state index is 12.6. The number of carbonyl (C=O) groups excluding carboxylic acids is 1. The lowest BCUT2D eigenvalue weighted by molar-refractivity contribution is -0.121. The minimum Gasteiger partial charge on any atom is -0.338 e. The Morgan fingerprint density at radius 1 is 1.25 bits per heavy atom. The second-order valence-electron chi connectivity index (χ2n) is 6.80. The summed E-state index contributed by atoms with van der Waals surface area (Å²) < 4.78 is 6.29. The van der Waals surface area contributed by atoms with E-state index in [4.69, 9.17) is 4.52 Å². The van der Waals surface area contributed by atoms with Crippen LogP contribution in [0.4, 0.5) is 5.82 Å². The number of likely N-dealkylation sites (tertiary alicyclic amines) is 1. The highest BCUT2D eigenvalue weighted by Gasteiger charge is 2.27. The van der Waals surface area contributed by atoms with E-state index in [1.807, 2.05) is 36.4 Å². The molecule has 7 nitrogen and oxygen atoms in total. The predicted molar refractivity (Wildman–Crippen MR) is 108 cm³/mol. The van der Waals surface area contributed by atoms with Gasteiger partial charge in [-0.05, 0) is 47.4 Å². The molecule has 0 spiro atoms. The van der Waals surface area contributed by atoms with Crippen molar-refractivity contribution in [2.45, 2.75) is 19.4 Å². The summed E-state index contributed by atoms with van der Waals surface area (Å²) in [5.74, 6) is 1.62. The van der Waals surface area contributed by atoms with Gasteiger partial charge >= 0.3 is 0 Å². The van der Waals surface area contributed by atoms with E-state index in [0.717, 1.165) is 29.4 Å². The Balaban J connectivity index is 1.35. The topological polar surface area (TPSA) is 84.2 Å². The maximum Gasteiger partial charge on any atom is 0.241 e. The number of pyridine rings is 1. The Morgan fingerprint density at radius 2 is 2.11 bits per heavy atom. The maximum absolute atomic E-state index is 12.6. The van der Waals surface area contributed by atoms with Crippen molar-refractivity contribution in [2.24, 2.45) is 5.92 Å². The number of halogens is 1. The number of aromatic nitrogens is 3. The summed E-state index contributed by atoms with van der Waals surface area (Å²) in [6.07, 6.45) is 3.48. The molecule has 1 fully saturated rings. The first kappa shape index (κ1) is 18.8. The summed E-state index contributed by atoms with van der Waals surface area (Å²) >= 11 is 3.34. The van der Waals surface area contributed by atoms with E-state index in [0.29, 0.717) is 30.6 Å². The monoisotopic (exact) mass is 441 g/mol. The summed E-state index contributed by atoms with van der Waals surface area (Å²) in [4.78, 5) is 23.5. The molecule has 0 aliphatic carbocycles. The zero-order valence-electron chi connectivity index (χ0n) is 15.2. The van der Waals surface area contributed by atoms with E-state index in [2.05, 4.69) is 41.3 Å². The van der Waals surface area contributed by atoms with Crippen LogP contribution >= 0.6 is 15.9 Å². The largest absolute Gasteiger partial charge is 0.338 e. The Kier molecular flexibility index (Phi) is 5.78. The van der Waals surface area contributed by atoms with Crippen LogP contribution in [0.2, 0.25) is 0 Å². The smallest absolute Gasteiger partial charge is 0.241 e. The van der Waals surface area contributed by atoms with E-state index < -0.39 is 0 Å². The molecule has 1 aliphatic rings. The third-order valence-electron chi connectivity index (χ3n) is 4.71. The average Bonchev–Trinajstić information content (AvgIpc) is 3.19. The fraction of sp³-hybridized carbons (Fsp3) is 0.300. The first-order valence-corrected chi connectivity index (χ1v) is 9.99. The third-order valence-corrected chi connectivity index (χ3v) is 5.18. The highest BCUT2D eigenvalue weighted by atomic mass is 79.9. The lowest BCUT2D eigenvalue weighted by Gasteiger charge is -2.30. The number of anilines is 1. The van der Waals surface area contributed by atoms with Crippen LogP contribution in [0, 0.1) is 5.92 Å². The number of rotatable bonds is 5. The fourth-order valence-electron chi connectivity index (χ4n) is 3.31. The molecule has 1 N–H and O–H groups in total. The van der Waals surface area contributed by atoms with Crippen molar-refractivity contribution >= 4 is 27.7 Å². The van der Waals surface area contributed by atoms with Crippen LogP contribution in [0.3, 0.4) is 0 Å². The van der Waals surface area contributed by atoms with E-state index in [1.165, 1.54) is 0 Å². The first-order valence-electron chi connectivity index (χ1n) is 9.20. The van der Waals surface area contributed by atoms with Gasteiger partial charge in [-0.1, -0.05) is 35.5 Å². The number of nitrogens with zero attached hydrogens (tertiary/aromatic N) is 4. The van der Waals surface area contributed by atoms with E-state index >= 15 is 0 Å². The van der Waals surface area contributed by atoms with Crippen LogP contribution in [0.1, 0.15) is 18.7 Å². The van der Waals surface area contributed by atoms with Crippen LogP contribution in [0.5, 0.6) is 0 Å². The molecule has 8 heteroatoms. The molecule has 1 atom stereocenters. The van der Waals surface area contributed by atoms with Crippen molar-refractivity contribution in [1.82, 2.24) is 20.0 Å². The SMILES string of the molecule is O=C(Nc1ccc(Br)cn1)C1CCCN(Cc2nc(-c3ccccc3)no2)C1. The summed E-state index contributed by atoms with van der Waals surface area (Å²) in [5, 5.41) is 6.96. The molecule has 3 heterocycles. The van der Waals surface area contributed by atoms with Crippen molar-refractivity contribution in [3.8, 4) is 11.4 Å². The summed E-state index contributed by atoms with van der Waals surface area (Å²) in [5.41, 5.74) is 0.926. The standard InChI is InChI=1S/C20H20BrN5O2/c21-16-8-9-17(22-11-16)23-20(27)15-7-4-10-26(12-15)13-18-24-19(25-28-18)14-5-2-1-3-6-14/h1-3,5-6,8-9,11,15H,4,7,10,12-13H2,(H,22,23,27). The van der Waals surface area contributed by atoms with Crippen LogP contribution < -0.4 is 5.32 Å². The third kappa shape index (κ3) is 4.63. The number of hydrogen-bond acceptors (Lipinski definition) is 6. The Bertz CT molecular complexity index is 929. The second kappa shape index (κ2) is 8.62. The minimum absolute atomic E-state index is 0.00461. The van der Waals surface area contributed by atoms with Crippen LogP contribution in [-0.2, 0) is 11.3 Å². The second-order valence-corrected chi connectivity index (χ2v) is 7.72. The Labute approximate surface area is 171 Å². The molecule has 4 rings (SSSR count). The highest BCUT2D eigenvalue weighted by molar-refractivity contribution is 9.10. The molecule has 28 heavy (non-hydrogen) atoms. The van der Waals surface area contributed by atoms with Gasteiger partial charge in [0.15, 0.2) is 0 Å².